The number of ether oxygens (including phenoxy) is 1. The first-order valence-electron chi connectivity index (χ1n) is 10.8. The number of halogens is 3. The fourth-order valence-corrected chi connectivity index (χ4v) is 3.70. The van der Waals surface area contributed by atoms with Gasteiger partial charge in [-0.05, 0) is 40.0 Å². The highest BCUT2D eigenvalue weighted by Gasteiger charge is 2.38. The minimum absolute atomic E-state index is 0.158. The summed E-state index contributed by atoms with van der Waals surface area (Å²) in [5.41, 5.74) is 1.70. The van der Waals surface area contributed by atoms with Gasteiger partial charge in [0.05, 0.1) is 29.8 Å². The molecule has 0 saturated carbocycles. The minimum Gasteiger partial charge on any atom is -0.444 e. The molecule has 180 valence electrons. The van der Waals surface area contributed by atoms with Crippen LogP contribution in [-0.2, 0) is 10.9 Å². The monoisotopic (exact) mass is 475 g/mol. The average molecular weight is 475 g/mol. The predicted octanol–water partition coefficient (Wildman–Crippen LogP) is 5.67. The van der Waals surface area contributed by atoms with Gasteiger partial charge < -0.3 is 9.26 Å². The lowest BCUT2D eigenvalue weighted by Gasteiger charge is -2.36. The Bertz CT molecular complexity index is 1160. The van der Waals surface area contributed by atoms with E-state index in [4.69, 9.17) is 9.72 Å². The normalized spacial score (nSPS) is 17.0. The summed E-state index contributed by atoms with van der Waals surface area (Å²) in [6, 6.07) is 6.30. The standard InChI is InChI=1S/C23H24F3N5O3/c1-22(2,3)33-21(32)31-11-5-4-6-18(31)17-13-27-12-16(28-17)14-7-9-15(10-8-14)19-29-20(34-30-19)23(24,25)26/h7-10,12-13,18H,4-6,11H2,1-3H3/t18-/m0/s1. The summed E-state index contributed by atoms with van der Waals surface area (Å²) >= 11 is 0. The Morgan fingerprint density at radius 3 is 2.41 bits per heavy atom. The van der Waals surface area contributed by atoms with Crippen LogP contribution in [0.2, 0.25) is 0 Å². The molecule has 1 aromatic carbocycles. The van der Waals surface area contributed by atoms with Gasteiger partial charge in [0.2, 0.25) is 5.82 Å². The van der Waals surface area contributed by atoms with Crippen molar-refractivity contribution >= 4 is 6.09 Å². The summed E-state index contributed by atoms with van der Waals surface area (Å²) in [6.07, 6.45) is 0.736. The van der Waals surface area contributed by atoms with E-state index in [9.17, 15) is 18.0 Å². The predicted molar refractivity (Wildman–Crippen MR) is 115 cm³/mol. The van der Waals surface area contributed by atoms with Crippen molar-refractivity contribution in [3.8, 4) is 22.6 Å². The van der Waals surface area contributed by atoms with Crippen molar-refractivity contribution in [3.05, 3.63) is 48.2 Å². The fraction of sp³-hybridized carbons (Fsp3) is 0.435. The number of rotatable bonds is 3. The van der Waals surface area contributed by atoms with E-state index in [0.717, 1.165) is 19.3 Å². The summed E-state index contributed by atoms with van der Waals surface area (Å²) in [5.74, 6) is -1.55. The molecule has 34 heavy (non-hydrogen) atoms. The van der Waals surface area contributed by atoms with Crippen molar-refractivity contribution in [1.82, 2.24) is 25.0 Å². The molecule has 0 N–H and O–H groups in total. The van der Waals surface area contributed by atoms with E-state index in [2.05, 4.69) is 19.6 Å². The molecule has 0 unspecified atom stereocenters. The van der Waals surface area contributed by atoms with Crippen LogP contribution >= 0.6 is 0 Å². The lowest BCUT2D eigenvalue weighted by atomic mass is 9.99. The summed E-state index contributed by atoms with van der Waals surface area (Å²) in [5, 5.41) is 3.40. The van der Waals surface area contributed by atoms with Gasteiger partial charge in [0.1, 0.15) is 5.60 Å². The van der Waals surface area contributed by atoms with Crippen molar-refractivity contribution in [2.45, 2.75) is 57.9 Å². The van der Waals surface area contributed by atoms with Crippen molar-refractivity contribution in [3.63, 3.8) is 0 Å². The molecule has 0 bridgehead atoms. The van der Waals surface area contributed by atoms with E-state index in [1.807, 2.05) is 20.8 Å². The van der Waals surface area contributed by atoms with Crippen LogP contribution in [0.3, 0.4) is 0 Å². The molecule has 1 saturated heterocycles. The number of alkyl halides is 3. The molecule has 2 aromatic heterocycles. The molecule has 1 atom stereocenters. The maximum absolute atomic E-state index is 12.8. The lowest BCUT2D eigenvalue weighted by Crippen LogP contribution is -2.42. The molecule has 1 fully saturated rings. The van der Waals surface area contributed by atoms with Gasteiger partial charge in [-0.15, -0.1) is 0 Å². The van der Waals surface area contributed by atoms with Crippen LogP contribution < -0.4 is 0 Å². The van der Waals surface area contributed by atoms with E-state index in [1.54, 1.807) is 41.6 Å². The lowest BCUT2D eigenvalue weighted by molar-refractivity contribution is -0.159. The van der Waals surface area contributed by atoms with Crippen LogP contribution in [-0.4, -0.2) is 43.2 Å². The van der Waals surface area contributed by atoms with Gasteiger partial charge >= 0.3 is 18.2 Å². The number of hydrogen-bond acceptors (Lipinski definition) is 7. The summed E-state index contributed by atoms with van der Waals surface area (Å²) in [6.45, 7) is 6.05. The number of aromatic nitrogens is 4. The highest BCUT2D eigenvalue weighted by atomic mass is 19.4. The Balaban J connectivity index is 1.56. The smallest absolute Gasteiger partial charge is 0.444 e. The van der Waals surface area contributed by atoms with E-state index in [-0.39, 0.29) is 18.0 Å². The minimum atomic E-state index is -4.70. The molecule has 11 heteroatoms. The molecule has 3 aromatic rings. The van der Waals surface area contributed by atoms with Crippen molar-refractivity contribution in [2.75, 3.05) is 6.54 Å². The van der Waals surface area contributed by atoms with E-state index in [0.29, 0.717) is 29.1 Å². The maximum atomic E-state index is 12.8. The largest absolute Gasteiger partial charge is 0.471 e. The van der Waals surface area contributed by atoms with Gasteiger partial charge in [-0.25, -0.2) is 9.78 Å². The van der Waals surface area contributed by atoms with E-state index in [1.165, 1.54) is 0 Å². The fourth-order valence-electron chi connectivity index (χ4n) is 3.70. The van der Waals surface area contributed by atoms with Gasteiger partial charge in [-0.1, -0.05) is 29.4 Å². The number of piperidine rings is 1. The Labute approximate surface area is 194 Å². The van der Waals surface area contributed by atoms with Gasteiger partial charge in [-0.3, -0.25) is 9.88 Å². The van der Waals surface area contributed by atoms with Crippen molar-refractivity contribution < 1.29 is 27.2 Å². The van der Waals surface area contributed by atoms with E-state index >= 15 is 0 Å². The number of hydrogen-bond donors (Lipinski definition) is 0. The second-order valence-electron chi connectivity index (χ2n) is 9.01. The SMILES string of the molecule is CC(C)(C)OC(=O)N1CCCC[C@H]1c1cncc(-c2ccc(-c3noc(C(F)(F)F)n3)cc2)n1. The molecule has 3 heterocycles. The van der Waals surface area contributed by atoms with Crippen LogP contribution in [0.15, 0.2) is 41.2 Å². The van der Waals surface area contributed by atoms with Crippen LogP contribution in [0.1, 0.15) is 57.7 Å². The quantitative estimate of drug-likeness (QED) is 0.481. The molecule has 0 spiro atoms. The second-order valence-corrected chi connectivity index (χ2v) is 9.01. The molecule has 1 aliphatic heterocycles. The number of carbonyl (C=O) groups is 1. The third kappa shape index (κ3) is 5.35. The zero-order valence-electron chi connectivity index (χ0n) is 19.0. The first-order valence-corrected chi connectivity index (χ1v) is 10.8. The van der Waals surface area contributed by atoms with Gasteiger partial charge in [0.25, 0.3) is 0 Å². The summed E-state index contributed by atoms with van der Waals surface area (Å²) < 4.78 is 48.0. The average Bonchev–Trinajstić information content (AvgIpc) is 3.29. The summed E-state index contributed by atoms with van der Waals surface area (Å²) in [4.78, 5) is 26.9. The van der Waals surface area contributed by atoms with Crippen LogP contribution in [0.4, 0.5) is 18.0 Å². The first kappa shape index (κ1) is 23.7. The van der Waals surface area contributed by atoms with Crippen LogP contribution in [0, 0.1) is 0 Å². The van der Waals surface area contributed by atoms with Gasteiger partial charge in [0.15, 0.2) is 0 Å². The second kappa shape index (κ2) is 9.03. The van der Waals surface area contributed by atoms with Crippen molar-refractivity contribution in [2.24, 2.45) is 0 Å². The zero-order chi connectivity index (χ0) is 24.5. The first-order chi connectivity index (χ1) is 16.0. The van der Waals surface area contributed by atoms with Crippen LogP contribution in [0.5, 0.6) is 0 Å². The Hall–Kier alpha value is -3.50. The number of nitrogens with zero attached hydrogens (tertiary/aromatic N) is 5. The number of amides is 1. The molecule has 8 nitrogen and oxygen atoms in total. The molecular formula is C23H24F3N5O3. The Kier molecular flexibility index (Phi) is 6.28. The maximum Gasteiger partial charge on any atom is 0.471 e. The molecule has 1 amide bonds. The highest BCUT2D eigenvalue weighted by molar-refractivity contribution is 5.69. The van der Waals surface area contributed by atoms with Gasteiger partial charge in [-0.2, -0.15) is 18.2 Å². The number of carbonyl (C=O) groups excluding carboxylic acids is 1. The molecule has 0 aliphatic carbocycles. The number of benzene rings is 1. The Morgan fingerprint density at radius 1 is 1.06 bits per heavy atom. The molecular weight excluding hydrogens is 451 g/mol. The topological polar surface area (TPSA) is 94.2 Å². The van der Waals surface area contributed by atoms with Crippen molar-refractivity contribution in [1.29, 1.82) is 0 Å². The van der Waals surface area contributed by atoms with E-state index < -0.39 is 17.7 Å². The van der Waals surface area contributed by atoms with Crippen LogP contribution in [0.25, 0.3) is 22.6 Å². The third-order valence-corrected chi connectivity index (χ3v) is 5.23. The molecule has 4 rings (SSSR count). The number of likely N-dealkylation sites (tertiary alicyclic amines) is 1. The van der Waals surface area contributed by atoms with Gasteiger partial charge in [0, 0.05) is 17.7 Å². The summed E-state index contributed by atoms with van der Waals surface area (Å²) in [7, 11) is 0. The Morgan fingerprint density at radius 2 is 1.76 bits per heavy atom. The molecule has 1 aliphatic rings. The highest BCUT2D eigenvalue weighted by Crippen LogP contribution is 2.33. The molecule has 0 radical (unpaired) electrons. The zero-order valence-corrected chi connectivity index (χ0v) is 19.0. The third-order valence-electron chi connectivity index (χ3n) is 5.23.